The fourth-order valence-electron chi connectivity index (χ4n) is 1.86. The van der Waals surface area contributed by atoms with Crippen LogP contribution in [-0.2, 0) is 11.3 Å². The van der Waals surface area contributed by atoms with E-state index in [9.17, 15) is 9.59 Å². The van der Waals surface area contributed by atoms with E-state index in [1.165, 1.54) is 18.3 Å². The van der Waals surface area contributed by atoms with E-state index in [1.807, 2.05) is 0 Å². The maximum atomic E-state index is 12.0. The highest BCUT2D eigenvalue weighted by atomic mass is 79.9. The van der Waals surface area contributed by atoms with Crippen LogP contribution in [0.2, 0.25) is 0 Å². The number of furan rings is 2. The predicted molar refractivity (Wildman–Crippen MR) is 91.7 cm³/mol. The summed E-state index contributed by atoms with van der Waals surface area (Å²) in [6.07, 6.45) is 0. The second-order valence-corrected chi connectivity index (χ2v) is 6.41. The van der Waals surface area contributed by atoms with Gasteiger partial charge in [-0.25, -0.2) is 4.98 Å². The highest BCUT2D eigenvalue weighted by Gasteiger charge is 2.14. The molecule has 2 N–H and O–H groups in total. The zero-order valence-corrected chi connectivity index (χ0v) is 14.9. The lowest BCUT2D eigenvalue weighted by Gasteiger charge is -1.98. The lowest BCUT2D eigenvalue weighted by atomic mass is 10.3. The number of anilines is 1. The molecule has 3 heterocycles. The number of thiazole rings is 1. The fourth-order valence-corrected chi connectivity index (χ4v) is 2.86. The number of amides is 2. The zero-order valence-electron chi connectivity index (χ0n) is 12.5. The van der Waals surface area contributed by atoms with Gasteiger partial charge in [-0.1, -0.05) is 0 Å². The fraction of sp³-hybridized carbons (Fsp3) is 0.133. The second kappa shape index (κ2) is 7.02. The van der Waals surface area contributed by atoms with Crippen LogP contribution in [0.25, 0.3) is 11.5 Å². The molecular formula is C15H12BrN3O4S. The van der Waals surface area contributed by atoms with Gasteiger partial charge >= 0.3 is 0 Å². The van der Waals surface area contributed by atoms with Gasteiger partial charge in [0.15, 0.2) is 21.3 Å². The Morgan fingerprint density at radius 1 is 1.25 bits per heavy atom. The monoisotopic (exact) mass is 409 g/mol. The van der Waals surface area contributed by atoms with Crippen LogP contribution < -0.4 is 10.6 Å². The van der Waals surface area contributed by atoms with Gasteiger partial charge in [-0.15, -0.1) is 11.3 Å². The predicted octanol–water partition coefficient (Wildman–Crippen LogP) is 3.65. The van der Waals surface area contributed by atoms with Gasteiger partial charge in [-0.2, -0.15) is 0 Å². The number of nitrogens with one attached hydrogen (secondary N) is 2. The van der Waals surface area contributed by atoms with Gasteiger partial charge in [-0.05, 0) is 40.2 Å². The first-order valence-electron chi connectivity index (χ1n) is 6.87. The third-order valence-electron chi connectivity index (χ3n) is 2.95. The smallest absolute Gasteiger partial charge is 0.293 e. The summed E-state index contributed by atoms with van der Waals surface area (Å²) < 4.78 is 11.3. The summed E-state index contributed by atoms with van der Waals surface area (Å²) in [7, 11) is 0. The Hall–Kier alpha value is -2.39. The van der Waals surface area contributed by atoms with Gasteiger partial charge < -0.3 is 14.2 Å². The SMILES string of the molecule is CC(=O)NCc1ccc(-c2csc(NC(=O)c3ccc(Br)o3)n2)o1. The molecule has 124 valence electrons. The van der Waals surface area contributed by atoms with E-state index in [0.29, 0.717) is 33.6 Å². The van der Waals surface area contributed by atoms with Crippen LogP contribution in [0.5, 0.6) is 0 Å². The Kier molecular flexibility index (Phi) is 4.81. The lowest BCUT2D eigenvalue weighted by Crippen LogP contribution is -2.18. The number of rotatable bonds is 5. The molecule has 0 aliphatic rings. The van der Waals surface area contributed by atoms with Crippen LogP contribution in [-0.4, -0.2) is 16.8 Å². The summed E-state index contributed by atoms with van der Waals surface area (Å²) in [6, 6.07) is 6.74. The van der Waals surface area contributed by atoms with Gasteiger partial charge in [0, 0.05) is 12.3 Å². The van der Waals surface area contributed by atoms with Crippen molar-refractivity contribution in [1.29, 1.82) is 0 Å². The second-order valence-electron chi connectivity index (χ2n) is 4.77. The molecule has 0 fully saturated rings. The van der Waals surface area contributed by atoms with Crippen LogP contribution in [0, 0.1) is 0 Å². The molecule has 0 saturated carbocycles. The summed E-state index contributed by atoms with van der Waals surface area (Å²) in [5.41, 5.74) is 0.602. The van der Waals surface area contributed by atoms with E-state index in [2.05, 4.69) is 31.5 Å². The molecule has 3 aromatic rings. The average molecular weight is 410 g/mol. The first kappa shape index (κ1) is 16.5. The van der Waals surface area contributed by atoms with Gasteiger partial charge in [0.2, 0.25) is 5.91 Å². The van der Waals surface area contributed by atoms with Gasteiger partial charge in [0.05, 0.1) is 6.54 Å². The maximum absolute atomic E-state index is 12.0. The number of nitrogens with zero attached hydrogens (tertiary/aromatic N) is 1. The highest BCUT2D eigenvalue weighted by molar-refractivity contribution is 9.10. The number of carbonyl (C=O) groups is 2. The molecule has 0 atom stereocenters. The van der Waals surface area contributed by atoms with Gasteiger partial charge in [-0.3, -0.25) is 14.9 Å². The quantitative estimate of drug-likeness (QED) is 0.669. The zero-order chi connectivity index (χ0) is 17.1. The molecule has 7 nitrogen and oxygen atoms in total. The molecule has 3 aromatic heterocycles. The standard InChI is InChI=1S/C15H12BrN3O4S/c1-8(20)17-6-9-2-3-11(22-9)10-7-24-15(18-10)19-14(21)12-4-5-13(16)23-12/h2-5,7H,6H2,1H3,(H,17,20)(H,18,19,21). The Balaban J connectivity index is 1.67. The molecule has 0 aliphatic carbocycles. The van der Waals surface area contributed by atoms with Crippen molar-refractivity contribution < 1.29 is 18.4 Å². The Morgan fingerprint density at radius 2 is 2.08 bits per heavy atom. The van der Waals surface area contributed by atoms with Crippen molar-refractivity contribution in [2.24, 2.45) is 0 Å². The van der Waals surface area contributed by atoms with E-state index in [0.717, 1.165) is 0 Å². The van der Waals surface area contributed by atoms with Crippen molar-refractivity contribution in [1.82, 2.24) is 10.3 Å². The van der Waals surface area contributed by atoms with Crippen molar-refractivity contribution in [2.75, 3.05) is 5.32 Å². The Bertz CT molecular complexity index is 883. The molecule has 24 heavy (non-hydrogen) atoms. The number of carbonyl (C=O) groups excluding carboxylic acids is 2. The van der Waals surface area contributed by atoms with Crippen molar-refractivity contribution in [3.8, 4) is 11.5 Å². The third-order valence-corrected chi connectivity index (χ3v) is 4.13. The molecule has 0 aliphatic heterocycles. The summed E-state index contributed by atoms with van der Waals surface area (Å²) in [6.45, 7) is 1.76. The summed E-state index contributed by atoms with van der Waals surface area (Å²) in [5.74, 6) is 0.866. The molecular weight excluding hydrogens is 398 g/mol. The average Bonchev–Trinajstić information content (AvgIpc) is 3.24. The minimum atomic E-state index is -0.382. The summed E-state index contributed by atoms with van der Waals surface area (Å²) >= 11 is 4.42. The maximum Gasteiger partial charge on any atom is 0.293 e. The molecule has 2 amide bonds. The van der Waals surface area contributed by atoms with Crippen molar-refractivity contribution in [3.63, 3.8) is 0 Å². The van der Waals surface area contributed by atoms with Crippen molar-refractivity contribution in [3.05, 3.63) is 45.8 Å². The Morgan fingerprint density at radius 3 is 2.79 bits per heavy atom. The molecule has 0 aromatic carbocycles. The van der Waals surface area contributed by atoms with E-state index >= 15 is 0 Å². The number of aromatic nitrogens is 1. The molecule has 0 saturated heterocycles. The molecule has 9 heteroatoms. The van der Waals surface area contributed by atoms with E-state index in [-0.39, 0.29) is 17.6 Å². The normalized spacial score (nSPS) is 10.6. The molecule has 0 unspecified atom stereocenters. The van der Waals surface area contributed by atoms with Crippen molar-refractivity contribution in [2.45, 2.75) is 13.5 Å². The van der Waals surface area contributed by atoms with Crippen molar-refractivity contribution >= 4 is 44.2 Å². The minimum Gasteiger partial charge on any atom is -0.458 e. The number of halogens is 1. The van der Waals surface area contributed by atoms with E-state index < -0.39 is 0 Å². The first-order valence-corrected chi connectivity index (χ1v) is 8.54. The topological polar surface area (TPSA) is 97.4 Å². The first-order chi connectivity index (χ1) is 11.5. The number of hydrogen-bond acceptors (Lipinski definition) is 6. The third kappa shape index (κ3) is 3.92. The van der Waals surface area contributed by atoms with Crippen LogP contribution >= 0.6 is 27.3 Å². The lowest BCUT2D eigenvalue weighted by molar-refractivity contribution is -0.119. The minimum absolute atomic E-state index is 0.129. The number of hydrogen-bond donors (Lipinski definition) is 2. The molecule has 0 radical (unpaired) electrons. The highest BCUT2D eigenvalue weighted by Crippen LogP contribution is 2.27. The summed E-state index contributed by atoms with van der Waals surface area (Å²) in [5, 5.41) is 7.53. The van der Waals surface area contributed by atoms with E-state index in [1.54, 1.807) is 29.6 Å². The Labute approximate surface area is 149 Å². The van der Waals surface area contributed by atoms with Crippen LogP contribution in [0.1, 0.15) is 23.2 Å². The molecule has 0 bridgehead atoms. The largest absolute Gasteiger partial charge is 0.458 e. The molecule has 0 spiro atoms. The van der Waals surface area contributed by atoms with Gasteiger partial charge in [0.25, 0.3) is 5.91 Å². The van der Waals surface area contributed by atoms with Crippen LogP contribution in [0.15, 0.2) is 43.1 Å². The van der Waals surface area contributed by atoms with Crippen LogP contribution in [0.3, 0.4) is 0 Å². The molecule has 3 rings (SSSR count). The van der Waals surface area contributed by atoms with E-state index in [4.69, 9.17) is 8.83 Å². The summed E-state index contributed by atoms with van der Waals surface area (Å²) in [4.78, 5) is 27.2. The van der Waals surface area contributed by atoms with Gasteiger partial charge in [0.1, 0.15) is 11.5 Å². The van der Waals surface area contributed by atoms with Crippen LogP contribution in [0.4, 0.5) is 5.13 Å².